The van der Waals surface area contributed by atoms with Gasteiger partial charge in [-0.2, -0.15) is 0 Å². The largest absolute Gasteiger partial charge is 0.0991 e. The molecule has 0 aliphatic heterocycles. The van der Waals surface area contributed by atoms with Crippen molar-refractivity contribution in [3.05, 3.63) is 24.3 Å². The van der Waals surface area contributed by atoms with Crippen molar-refractivity contribution in [3.8, 4) is 0 Å². The summed E-state index contributed by atoms with van der Waals surface area (Å²) in [5.41, 5.74) is 1.60. The maximum absolute atomic E-state index is 3.71. The molecule has 1 rings (SSSR count). The molecule has 1 saturated carbocycles. The van der Waals surface area contributed by atoms with E-state index in [1.54, 1.807) is 5.57 Å². The van der Waals surface area contributed by atoms with E-state index >= 15 is 0 Å². The van der Waals surface area contributed by atoms with Gasteiger partial charge in [-0.3, -0.25) is 0 Å². The Morgan fingerprint density at radius 3 is 2.10 bits per heavy atom. The molecule has 0 spiro atoms. The third kappa shape index (κ3) is 2.38. The Hall–Kier alpha value is -0.520. The van der Waals surface area contributed by atoms with Crippen LogP contribution in [0.2, 0.25) is 0 Å². The number of hydrogen-bond acceptors (Lipinski definition) is 0. The average Bonchev–Trinajstić information content (AvgIpc) is 2.17. The monoisotopic (exact) mass is 136 g/mol. The van der Waals surface area contributed by atoms with E-state index in [0.29, 0.717) is 0 Å². The zero-order valence-electron chi connectivity index (χ0n) is 6.60. The Labute approximate surface area is 63.6 Å². The summed E-state index contributed by atoms with van der Waals surface area (Å²) in [7, 11) is 0. The van der Waals surface area contributed by atoms with Crippen LogP contribution in [0.15, 0.2) is 24.3 Å². The molecule has 0 unspecified atom stereocenters. The summed E-state index contributed by atoms with van der Waals surface area (Å²) in [6.45, 7) is 3.71. The summed E-state index contributed by atoms with van der Waals surface area (Å²) in [4.78, 5) is 0. The minimum Gasteiger partial charge on any atom is -0.0991 e. The van der Waals surface area contributed by atoms with Gasteiger partial charge in [0.1, 0.15) is 0 Å². The highest BCUT2D eigenvalue weighted by atomic mass is 14.1. The maximum Gasteiger partial charge on any atom is -0.0317 e. The van der Waals surface area contributed by atoms with E-state index in [2.05, 4.69) is 12.7 Å². The molecule has 0 heteroatoms. The van der Waals surface area contributed by atoms with Crippen molar-refractivity contribution in [3.63, 3.8) is 0 Å². The molecule has 1 aliphatic carbocycles. The SMILES string of the molecule is C=CC=C1CCCCCC1. The van der Waals surface area contributed by atoms with Crippen LogP contribution in [0.1, 0.15) is 38.5 Å². The third-order valence-electron chi connectivity index (χ3n) is 2.10. The molecule has 0 aromatic heterocycles. The fourth-order valence-corrected chi connectivity index (χ4v) is 1.52. The molecule has 56 valence electrons. The third-order valence-corrected chi connectivity index (χ3v) is 2.10. The van der Waals surface area contributed by atoms with Crippen molar-refractivity contribution >= 4 is 0 Å². The van der Waals surface area contributed by atoms with Crippen LogP contribution < -0.4 is 0 Å². The summed E-state index contributed by atoms with van der Waals surface area (Å²) in [6, 6.07) is 0. The van der Waals surface area contributed by atoms with Gasteiger partial charge in [-0.25, -0.2) is 0 Å². The molecule has 10 heavy (non-hydrogen) atoms. The Balaban J connectivity index is 2.42. The zero-order chi connectivity index (χ0) is 7.23. The van der Waals surface area contributed by atoms with Crippen LogP contribution in [0.25, 0.3) is 0 Å². The van der Waals surface area contributed by atoms with E-state index in [0.717, 1.165) is 0 Å². The fraction of sp³-hybridized carbons (Fsp3) is 0.600. The quantitative estimate of drug-likeness (QED) is 0.484. The highest BCUT2D eigenvalue weighted by Crippen LogP contribution is 2.21. The molecule has 0 amide bonds. The molecule has 0 N–H and O–H groups in total. The lowest BCUT2D eigenvalue weighted by Crippen LogP contribution is -1.77. The topological polar surface area (TPSA) is 0 Å². The van der Waals surface area contributed by atoms with Crippen LogP contribution >= 0.6 is 0 Å². The van der Waals surface area contributed by atoms with Gasteiger partial charge >= 0.3 is 0 Å². The van der Waals surface area contributed by atoms with Crippen molar-refractivity contribution in [1.82, 2.24) is 0 Å². The molecule has 0 saturated heterocycles. The molecule has 0 heterocycles. The second kappa shape index (κ2) is 4.32. The molecule has 1 fully saturated rings. The summed E-state index contributed by atoms with van der Waals surface area (Å²) in [5.74, 6) is 0. The lowest BCUT2D eigenvalue weighted by Gasteiger charge is -1.98. The van der Waals surface area contributed by atoms with E-state index in [1.807, 2.05) is 6.08 Å². The molecule has 0 nitrogen and oxygen atoms in total. The second-order valence-electron chi connectivity index (χ2n) is 2.97. The Morgan fingerprint density at radius 1 is 1.00 bits per heavy atom. The second-order valence-corrected chi connectivity index (χ2v) is 2.97. The van der Waals surface area contributed by atoms with Gasteiger partial charge < -0.3 is 0 Å². The van der Waals surface area contributed by atoms with Crippen LogP contribution in [0.4, 0.5) is 0 Å². The lowest BCUT2D eigenvalue weighted by atomic mass is 10.1. The fourth-order valence-electron chi connectivity index (χ4n) is 1.52. The maximum atomic E-state index is 3.71. The molecule has 0 bridgehead atoms. The van der Waals surface area contributed by atoms with Crippen LogP contribution in [0.3, 0.4) is 0 Å². The van der Waals surface area contributed by atoms with Crippen LogP contribution in [-0.2, 0) is 0 Å². The first-order valence-corrected chi connectivity index (χ1v) is 4.24. The van der Waals surface area contributed by atoms with E-state index in [-0.39, 0.29) is 0 Å². The standard InChI is InChI=1S/C10H16/c1-2-7-10-8-5-3-4-6-9-10/h2,7H,1,3-6,8-9H2. The van der Waals surface area contributed by atoms with Crippen molar-refractivity contribution in [2.45, 2.75) is 38.5 Å². The molecule has 0 radical (unpaired) electrons. The van der Waals surface area contributed by atoms with Crippen LogP contribution in [0, 0.1) is 0 Å². The predicted octanol–water partition coefficient (Wildman–Crippen LogP) is 3.45. The number of allylic oxidation sites excluding steroid dienone is 3. The van der Waals surface area contributed by atoms with E-state index in [4.69, 9.17) is 0 Å². The Kier molecular flexibility index (Phi) is 3.28. The van der Waals surface area contributed by atoms with Gasteiger partial charge in [0, 0.05) is 0 Å². The summed E-state index contributed by atoms with van der Waals surface area (Å²) in [5, 5.41) is 0. The normalized spacial score (nSPS) is 19.8. The van der Waals surface area contributed by atoms with E-state index in [1.165, 1.54) is 38.5 Å². The molecular formula is C10H16. The van der Waals surface area contributed by atoms with Crippen molar-refractivity contribution < 1.29 is 0 Å². The van der Waals surface area contributed by atoms with E-state index in [9.17, 15) is 0 Å². The van der Waals surface area contributed by atoms with Gasteiger partial charge in [0.2, 0.25) is 0 Å². The van der Waals surface area contributed by atoms with Crippen molar-refractivity contribution in [1.29, 1.82) is 0 Å². The smallest absolute Gasteiger partial charge is 0.0317 e. The molecule has 0 atom stereocenters. The van der Waals surface area contributed by atoms with Crippen LogP contribution in [0.5, 0.6) is 0 Å². The van der Waals surface area contributed by atoms with Crippen molar-refractivity contribution in [2.75, 3.05) is 0 Å². The first-order chi connectivity index (χ1) is 4.93. The molecule has 0 aromatic carbocycles. The van der Waals surface area contributed by atoms with Gasteiger partial charge in [-0.1, -0.05) is 37.1 Å². The highest BCUT2D eigenvalue weighted by Gasteiger charge is 2.01. The minimum atomic E-state index is 1.31. The highest BCUT2D eigenvalue weighted by molar-refractivity contribution is 5.10. The number of rotatable bonds is 1. The van der Waals surface area contributed by atoms with Crippen molar-refractivity contribution in [2.24, 2.45) is 0 Å². The number of hydrogen-bond donors (Lipinski definition) is 0. The molecular weight excluding hydrogens is 120 g/mol. The van der Waals surface area contributed by atoms with Gasteiger partial charge in [-0.05, 0) is 25.7 Å². The Bertz CT molecular complexity index is 121. The van der Waals surface area contributed by atoms with Gasteiger partial charge in [0.15, 0.2) is 0 Å². The lowest BCUT2D eigenvalue weighted by molar-refractivity contribution is 0.702. The van der Waals surface area contributed by atoms with Gasteiger partial charge in [0.25, 0.3) is 0 Å². The minimum absolute atomic E-state index is 1.31. The predicted molar refractivity (Wildman–Crippen MR) is 46.0 cm³/mol. The summed E-state index contributed by atoms with van der Waals surface area (Å²) in [6.07, 6.45) is 12.4. The van der Waals surface area contributed by atoms with Gasteiger partial charge in [-0.15, -0.1) is 0 Å². The van der Waals surface area contributed by atoms with Gasteiger partial charge in [0.05, 0.1) is 0 Å². The summed E-state index contributed by atoms with van der Waals surface area (Å²) >= 11 is 0. The van der Waals surface area contributed by atoms with Crippen LogP contribution in [-0.4, -0.2) is 0 Å². The first-order valence-electron chi connectivity index (χ1n) is 4.24. The zero-order valence-corrected chi connectivity index (χ0v) is 6.60. The van der Waals surface area contributed by atoms with E-state index < -0.39 is 0 Å². The summed E-state index contributed by atoms with van der Waals surface area (Å²) < 4.78 is 0. The molecule has 1 aliphatic rings. The first kappa shape index (κ1) is 7.59. The average molecular weight is 136 g/mol. The Morgan fingerprint density at radius 2 is 1.60 bits per heavy atom. The molecule has 0 aromatic rings.